The summed E-state index contributed by atoms with van der Waals surface area (Å²) in [6, 6.07) is 3.26. The number of alkyl halides is 3. The molecule has 8 heteroatoms. The van der Waals surface area contributed by atoms with Crippen LogP contribution in [0, 0.1) is 0 Å². The predicted octanol–water partition coefficient (Wildman–Crippen LogP) is 4.35. The van der Waals surface area contributed by atoms with Crippen LogP contribution in [0.3, 0.4) is 0 Å². The maximum atomic E-state index is 12.5. The van der Waals surface area contributed by atoms with Crippen molar-refractivity contribution in [1.82, 2.24) is 14.8 Å². The van der Waals surface area contributed by atoms with Crippen molar-refractivity contribution in [2.24, 2.45) is 0 Å². The minimum atomic E-state index is -4.58. The summed E-state index contributed by atoms with van der Waals surface area (Å²) in [5.41, 5.74) is 1.22. The Morgan fingerprint density at radius 2 is 1.95 bits per heavy atom. The van der Waals surface area contributed by atoms with Gasteiger partial charge in [0.2, 0.25) is 0 Å². The summed E-state index contributed by atoms with van der Waals surface area (Å²) in [7, 11) is 0. The van der Waals surface area contributed by atoms with Crippen molar-refractivity contribution in [3.8, 4) is 5.69 Å². The highest BCUT2D eigenvalue weighted by Crippen LogP contribution is 2.32. The summed E-state index contributed by atoms with van der Waals surface area (Å²) < 4.78 is 38.4. The molecular weight excluding hydrogens is 311 g/mol. The lowest BCUT2D eigenvalue weighted by atomic mass is 10.0. The minimum absolute atomic E-state index is 0.204. The first-order valence-corrected chi connectivity index (χ1v) is 6.54. The molecule has 0 fully saturated rings. The summed E-state index contributed by atoms with van der Waals surface area (Å²) in [5, 5.41) is 3.69. The first kappa shape index (κ1) is 15.2. The highest BCUT2D eigenvalue weighted by Gasteiger charge is 2.36. The van der Waals surface area contributed by atoms with Crippen LogP contribution in [0.1, 0.15) is 31.2 Å². The van der Waals surface area contributed by atoms with Crippen LogP contribution in [-0.4, -0.2) is 14.8 Å². The lowest BCUT2D eigenvalue weighted by molar-refractivity contribution is -0.144. The van der Waals surface area contributed by atoms with E-state index in [1.807, 2.05) is 13.8 Å². The van der Waals surface area contributed by atoms with Crippen molar-refractivity contribution in [1.29, 1.82) is 0 Å². The topological polar surface area (TPSA) is 30.7 Å². The molecule has 20 heavy (non-hydrogen) atoms. The van der Waals surface area contributed by atoms with Gasteiger partial charge in [-0.3, -0.25) is 0 Å². The number of nitrogens with zero attached hydrogens (tertiary/aromatic N) is 3. The Morgan fingerprint density at radius 1 is 1.30 bits per heavy atom. The summed E-state index contributed by atoms with van der Waals surface area (Å²) >= 11 is 10.4. The van der Waals surface area contributed by atoms with Gasteiger partial charge in [0, 0.05) is 4.90 Å². The van der Waals surface area contributed by atoms with Gasteiger partial charge in [0.1, 0.15) is 6.33 Å². The number of benzene rings is 1. The Bertz CT molecular complexity index is 637. The molecule has 2 aromatic rings. The van der Waals surface area contributed by atoms with E-state index in [-0.39, 0.29) is 5.92 Å². The van der Waals surface area contributed by atoms with Gasteiger partial charge >= 0.3 is 6.18 Å². The maximum Gasteiger partial charge on any atom is 0.453 e. The molecule has 3 nitrogen and oxygen atoms in total. The molecule has 0 saturated heterocycles. The van der Waals surface area contributed by atoms with Gasteiger partial charge < -0.3 is 0 Å². The van der Waals surface area contributed by atoms with Crippen molar-refractivity contribution in [2.75, 3.05) is 0 Å². The van der Waals surface area contributed by atoms with Gasteiger partial charge in [-0.25, -0.2) is 9.67 Å². The number of thiol groups is 1. The van der Waals surface area contributed by atoms with E-state index in [0.717, 1.165) is 16.6 Å². The Kier molecular flexibility index (Phi) is 4.02. The minimum Gasteiger partial charge on any atom is -0.219 e. The van der Waals surface area contributed by atoms with E-state index in [4.69, 9.17) is 11.6 Å². The van der Waals surface area contributed by atoms with Crippen LogP contribution in [0.25, 0.3) is 5.69 Å². The second kappa shape index (κ2) is 5.29. The Balaban J connectivity index is 2.48. The van der Waals surface area contributed by atoms with Crippen molar-refractivity contribution in [2.45, 2.75) is 30.8 Å². The SMILES string of the molecule is CC(C)c1cc(Cl)c(-n2cnc(C(F)(F)F)n2)cc1S. The zero-order valence-corrected chi connectivity index (χ0v) is 12.3. The molecule has 0 spiro atoms. The molecule has 0 aliphatic carbocycles. The molecule has 0 atom stereocenters. The Hall–Kier alpha value is -1.21. The van der Waals surface area contributed by atoms with Crippen LogP contribution >= 0.6 is 24.2 Å². The maximum absolute atomic E-state index is 12.5. The molecule has 0 bridgehead atoms. The second-order valence-electron chi connectivity index (χ2n) is 4.53. The van der Waals surface area contributed by atoms with Gasteiger partial charge in [0.25, 0.3) is 5.82 Å². The zero-order valence-electron chi connectivity index (χ0n) is 10.6. The third-order valence-corrected chi connectivity index (χ3v) is 3.40. The summed E-state index contributed by atoms with van der Waals surface area (Å²) in [4.78, 5) is 3.88. The fourth-order valence-corrected chi connectivity index (χ4v) is 2.42. The number of halogens is 4. The van der Waals surface area contributed by atoms with Crippen molar-refractivity contribution < 1.29 is 13.2 Å². The monoisotopic (exact) mass is 321 g/mol. The van der Waals surface area contributed by atoms with Gasteiger partial charge in [-0.2, -0.15) is 13.2 Å². The van der Waals surface area contributed by atoms with Gasteiger partial charge in [-0.05, 0) is 23.6 Å². The third-order valence-electron chi connectivity index (χ3n) is 2.71. The molecule has 0 N–H and O–H groups in total. The van der Waals surface area contributed by atoms with Crippen molar-refractivity contribution in [3.63, 3.8) is 0 Å². The van der Waals surface area contributed by atoms with Gasteiger partial charge in [-0.1, -0.05) is 25.4 Å². The summed E-state index contributed by atoms with van der Waals surface area (Å²) in [6.07, 6.45) is -3.61. The van der Waals surface area contributed by atoms with Crippen molar-refractivity contribution >= 4 is 24.2 Å². The van der Waals surface area contributed by atoms with Gasteiger partial charge in [-0.15, -0.1) is 17.7 Å². The van der Waals surface area contributed by atoms with E-state index in [9.17, 15) is 13.2 Å². The molecule has 1 heterocycles. The smallest absolute Gasteiger partial charge is 0.219 e. The molecule has 0 unspecified atom stereocenters. The number of aromatic nitrogens is 3. The fraction of sp³-hybridized carbons (Fsp3) is 0.333. The lowest BCUT2D eigenvalue weighted by Gasteiger charge is -2.12. The van der Waals surface area contributed by atoms with E-state index >= 15 is 0 Å². The molecule has 0 amide bonds. The third kappa shape index (κ3) is 2.93. The molecular formula is C12H11ClF3N3S. The van der Waals surface area contributed by atoms with E-state index in [0.29, 0.717) is 15.6 Å². The van der Waals surface area contributed by atoms with Crippen LogP contribution in [0.2, 0.25) is 5.02 Å². The van der Waals surface area contributed by atoms with E-state index in [1.165, 1.54) is 0 Å². The standard InChI is InChI=1S/C12H11ClF3N3S/c1-6(2)7-3-8(13)9(4-10(7)20)19-5-17-11(18-19)12(14,15)16/h3-6,20H,1-2H3. The molecule has 0 aliphatic rings. The van der Waals surface area contributed by atoms with Crippen LogP contribution < -0.4 is 0 Å². The van der Waals surface area contributed by atoms with E-state index < -0.39 is 12.0 Å². The first-order valence-electron chi connectivity index (χ1n) is 5.71. The van der Waals surface area contributed by atoms with Crippen LogP contribution in [0.4, 0.5) is 13.2 Å². The van der Waals surface area contributed by atoms with E-state index in [1.54, 1.807) is 12.1 Å². The quantitative estimate of drug-likeness (QED) is 0.834. The summed E-state index contributed by atoms with van der Waals surface area (Å²) in [6.45, 7) is 3.95. The molecule has 108 valence electrons. The molecule has 0 saturated carbocycles. The lowest BCUT2D eigenvalue weighted by Crippen LogP contribution is -2.09. The predicted molar refractivity (Wildman–Crippen MR) is 72.7 cm³/mol. The number of hydrogen-bond acceptors (Lipinski definition) is 3. The largest absolute Gasteiger partial charge is 0.453 e. The molecule has 1 aromatic carbocycles. The summed E-state index contributed by atoms with van der Waals surface area (Å²) in [5.74, 6) is -1.00. The average molecular weight is 322 g/mol. The van der Waals surface area contributed by atoms with Crippen molar-refractivity contribution in [3.05, 3.63) is 34.9 Å². The van der Waals surface area contributed by atoms with Gasteiger partial charge in [0.05, 0.1) is 10.7 Å². The van der Waals surface area contributed by atoms with E-state index in [2.05, 4.69) is 22.7 Å². The van der Waals surface area contributed by atoms with Crippen LogP contribution in [-0.2, 0) is 6.18 Å². The highest BCUT2D eigenvalue weighted by molar-refractivity contribution is 7.80. The second-order valence-corrected chi connectivity index (χ2v) is 5.42. The first-order chi connectivity index (χ1) is 9.20. The zero-order chi connectivity index (χ0) is 15.1. The fourth-order valence-electron chi connectivity index (χ4n) is 1.71. The molecule has 1 aromatic heterocycles. The Labute approximate surface area is 124 Å². The highest BCUT2D eigenvalue weighted by atomic mass is 35.5. The Morgan fingerprint density at radius 3 is 2.45 bits per heavy atom. The number of hydrogen-bond donors (Lipinski definition) is 1. The van der Waals surface area contributed by atoms with Crippen LogP contribution in [0.5, 0.6) is 0 Å². The molecule has 0 aliphatic heterocycles. The molecule has 2 rings (SSSR count). The van der Waals surface area contributed by atoms with Gasteiger partial charge in [0.15, 0.2) is 0 Å². The molecule has 0 radical (unpaired) electrons. The average Bonchev–Trinajstić information content (AvgIpc) is 2.80. The number of rotatable bonds is 2. The van der Waals surface area contributed by atoms with Crippen LogP contribution in [0.15, 0.2) is 23.4 Å². The normalized spacial score (nSPS) is 12.2.